The van der Waals surface area contributed by atoms with Crippen molar-refractivity contribution in [3.63, 3.8) is 0 Å². The lowest BCUT2D eigenvalue weighted by atomic mass is 10.0. The number of hydrogen-bond acceptors (Lipinski definition) is 3. The van der Waals surface area contributed by atoms with Crippen molar-refractivity contribution in [3.8, 4) is 16.9 Å². The second kappa shape index (κ2) is 6.29. The molecule has 0 aliphatic rings. The number of aromatic nitrogens is 2. The zero-order valence-corrected chi connectivity index (χ0v) is 13.5. The third kappa shape index (κ3) is 3.88. The van der Waals surface area contributed by atoms with Crippen LogP contribution in [0.1, 0.15) is 5.69 Å². The van der Waals surface area contributed by atoms with Crippen LogP contribution in [0.4, 0.5) is 26.3 Å². The predicted octanol–water partition coefficient (Wildman–Crippen LogP) is 4.52. The summed E-state index contributed by atoms with van der Waals surface area (Å²) in [5.74, 6) is -0.468. The van der Waals surface area contributed by atoms with Crippen molar-refractivity contribution in [1.29, 1.82) is 0 Å². The molecule has 1 heterocycles. The standard InChI is InChI=1S/C17H10F6N2O2/c1-25-13-6-5-10(8-12(13)24-14(15(25)26)16(18,19)20)9-3-2-4-11(7-9)27-17(21,22)23/h2-8H,1H3. The van der Waals surface area contributed by atoms with Gasteiger partial charge in [0.05, 0.1) is 11.0 Å². The van der Waals surface area contributed by atoms with Crippen molar-refractivity contribution in [3.05, 3.63) is 58.5 Å². The highest BCUT2D eigenvalue weighted by Crippen LogP contribution is 2.30. The molecule has 0 N–H and O–H groups in total. The van der Waals surface area contributed by atoms with E-state index in [9.17, 15) is 31.1 Å². The molecule has 0 bridgehead atoms. The largest absolute Gasteiger partial charge is 0.573 e. The summed E-state index contributed by atoms with van der Waals surface area (Å²) in [4.78, 5) is 15.2. The topological polar surface area (TPSA) is 44.1 Å². The van der Waals surface area contributed by atoms with Gasteiger partial charge in [-0.1, -0.05) is 18.2 Å². The van der Waals surface area contributed by atoms with Crippen LogP contribution >= 0.6 is 0 Å². The second-order valence-electron chi connectivity index (χ2n) is 5.60. The van der Waals surface area contributed by atoms with Crippen LogP contribution in [0.5, 0.6) is 5.75 Å². The van der Waals surface area contributed by atoms with Gasteiger partial charge >= 0.3 is 12.5 Å². The van der Waals surface area contributed by atoms with E-state index in [1.807, 2.05) is 0 Å². The van der Waals surface area contributed by atoms with Crippen LogP contribution in [0.3, 0.4) is 0 Å². The zero-order valence-electron chi connectivity index (χ0n) is 13.5. The molecule has 1 aromatic heterocycles. The smallest absolute Gasteiger partial charge is 0.406 e. The van der Waals surface area contributed by atoms with Crippen LogP contribution in [-0.4, -0.2) is 15.9 Å². The molecule has 4 nitrogen and oxygen atoms in total. The van der Waals surface area contributed by atoms with Gasteiger partial charge in [0.15, 0.2) is 0 Å². The Morgan fingerprint density at radius 3 is 2.26 bits per heavy atom. The van der Waals surface area contributed by atoms with E-state index in [4.69, 9.17) is 0 Å². The first-order valence-electron chi connectivity index (χ1n) is 7.40. The molecule has 3 rings (SSSR count). The Morgan fingerprint density at radius 1 is 0.963 bits per heavy atom. The molecule has 142 valence electrons. The highest BCUT2D eigenvalue weighted by molar-refractivity contribution is 5.82. The van der Waals surface area contributed by atoms with Crippen LogP contribution < -0.4 is 10.3 Å². The Balaban J connectivity index is 2.13. The molecular formula is C17H10F6N2O2. The van der Waals surface area contributed by atoms with Gasteiger partial charge in [-0.3, -0.25) is 4.79 Å². The van der Waals surface area contributed by atoms with Crippen LogP contribution in [0, 0.1) is 0 Å². The van der Waals surface area contributed by atoms with Crippen molar-refractivity contribution in [2.75, 3.05) is 0 Å². The number of ether oxygens (including phenoxy) is 1. The molecule has 27 heavy (non-hydrogen) atoms. The summed E-state index contributed by atoms with van der Waals surface area (Å²) in [6.07, 6.45) is -9.80. The van der Waals surface area contributed by atoms with Crippen molar-refractivity contribution in [2.24, 2.45) is 7.05 Å². The molecule has 0 saturated carbocycles. The Bertz CT molecular complexity index is 1070. The van der Waals surface area contributed by atoms with Gasteiger partial charge in [0.2, 0.25) is 5.69 Å². The van der Waals surface area contributed by atoms with E-state index in [2.05, 4.69) is 9.72 Å². The average Bonchev–Trinajstić information content (AvgIpc) is 2.55. The first kappa shape index (κ1) is 18.7. The predicted molar refractivity (Wildman–Crippen MR) is 84.1 cm³/mol. The lowest BCUT2D eigenvalue weighted by Gasteiger charge is -2.12. The second-order valence-corrected chi connectivity index (χ2v) is 5.60. The number of halogens is 6. The van der Waals surface area contributed by atoms with Crippen molar-refractivity contribution >= 4 is 11.0 Å². The highest BCUT2D eigenvalue weighted by Gasteiger charge is 2.37. The zero-order chi connectivity index (χ0) is 20.0. The molecular weight excluding hydrogens is 378 g/mol. The van der Waals surface area contributed by atoms with Gasteiger partial charge in [0.1, 0.15) is 5.75 Å². The fourth-order valence-electron chi connectivity index (χ4n) is 2.57. The molecule has 0 fully saturated rings. The molecule has 0 saturated heterocycles. The first-order valence-corrected chi connectivity index (χ1v) is 7.40. The maximum atomic E-state index is 13.0. The van der Waals surface area contributed by atoms with E-state index >= 15 is 0 Å². The normalized spacial score (nSPS) is 12.4. The fraction of sp³-hybridized carbons (Fsp3) is 0.176. The number of benzene rings is 2. The average molecular weight is 388 g/mol. The maximum absolute atomic E-state index is 13.0. The van der Waals surface area contributed by atoms with Gasteiger partial charge in [-0.25, -0.2) is 4.98 Å². The molecule has 2 aromatic carbocycles. The summed E-state index contributed by atoms with van der Waals surface area (Å²) >= 11 is 0. The minimum atomic E-state index is -4.93. The minimum Gasteiger partial charge on any atom is -0.406 e. The molecule has 0 spiro atoms. The van der Waals surface area contributed by atoms with Gasteiger partial charge < -0.3 is 9.30 Å². The lowest BCUT2D eigenvalue weighted by molar-refractivity contribution is -0.274. The summed E-state index contributed by atoms with van der Waals surface area (Å²) in [5, 5.41) is 0. The highest BCUT2D eigenvalue weighted by atomic mass is 19.4. The number of nitrogens with zero attached hydrogens (tertiary/aromatic N) is 2. The SMILES string of the molecule is Cn1c(=O)c(C(F)(F)F)nc2cc(-c3cccc(OC(F)(F)F)c3)ccc21. The number of hydrogen-bond donors (Lipinski definition) is 0. The quantitative estimate of drug-likeness (QED) is 0.607. The van der Waals surface area contributed by atoms with Gasteiger partial charge in [0, 0.05) is 7.05 Å². The Labute approximate surface area is 147 Å². The molecule has 0 atom stereocenters. The minimum absolute atomic E-state index is 0.121. The Kier molecular flexibility index (Phi) is 4.37. The van der Waals surface area contributed by atoms with Gasteiger partial charge in [-0.05, 0) is 35.4 Å². The number of rotatable bonds is 2. The van der Waals surface area contributed by atoms with E-state index < -0.39 is 29.5 Å². The number of alkyl halides is 6. The third-order valence-corrected chi connectivity index (χ3v) is 3.75. The summed E-state index contributed by atoms with van der Waals surface area (Å²) in [7, 11) is 1.18. The summed E-state index contributed by atoms with van der Waals surface area (Å²) < 4.78 is 80.7. The third-order valence-electron chi connectivity index (χ3n) is 3.75. The molecule has 0 aliphatic carbocycles. The number of fused-ring (bicyclic) bond motifs is 1. The molecule has 0 aliphatic heterocycles. The molecule has 10 heteroatoms. The fourth-order valence-corrected chi connectivity index (χ4v) is 2.57. The van der Waals surface area contributed by atoms with Crippen LogP contribution in [0.15, 0.2) is 47.3 Å². The Hall–Kier alpha value is -3.04. The van der Waals surface area contributed by atoms with E-state index in [0.29, 0.717) is 5.56 Å². The Morgan fingerprint density at radius 2 is 1.63 bits per heavy atom. The van der Waals surface area contributed by atoms with Gasteiger partial charge in [-0.2, -0.15) is 13.2 Å². The van der Waals surface area contributed by atoms with Crippen molar-refractivity contribution in [1.82, 2.24) is 9.55 Å². The van der Waals surface area contributed by atoms with Gasteiger partial charge in [0.25, 0.3) is 5.56 Å². The van der Waals surface area contributed by atoms with Crippen LogP contribution in [-0.2, 0) is 13.2 Å². The summed E-state index contributed by atoms with van der Waals surface area (Å²) in [6, 6.07) is 9.08. The number of aryl methyl sites for hydroxylation is 1. The van der Waals surface area contributed by atoms with Gasteiger partial charge in [-0.15, -0.1) is 13.2 Å². The van der Waals surface area contributed by atoms with Crippen LogP contribution in [0.25, 0.3) is 22.2 Å². The van der Waals surface area contributed by atoms with Crippen molar-refractivity contribution in [2.45, 2.75) is 12.5 Å². The maximum Gasteiger partial charge on any atom is 0.573 e. The summed E-state index contributed by atoms with van der Waals surface area (Å²) in [6.45, 7) is 0. The monoisotopic (exact) mass is 388 g/mol. The first-order chi connectivity index (χ1) is 12.5. The molecule has 0 radical (unpaired) electrons. The molecule has 3 aromatic rings. The molecule has 0 unspecified atom stereocenters. The van der Waals surface area contributed by atoms with E-state index in [-0.39, 0.29) is 16.6 Å². The lowest BCUT2D eigenvalue weighted by Crippen LogP contribution is -2.29. The summed E-state index contributed by atoms with van der Waals surface area (Å²) in [5.41, 5.74) is -2.23. The van der Waals surface area contributed by atoms with Crippen molar-refractivity contribution < 1.29 is 31.1 Å². The molecule has 0 amide bonds. The van der Waals surface area contributed by atoms with Crippen LogP contribution in [0.2, 0.25) is 0 Å². The van der Waals surface area contributed by atoms with E-state index in [1.165, 1.54) is 37.4 Å². The van der Waals surface area contributed by atoms with E-state index in [1.54, 1.807) is 0 Å². The van der Waals surface area contributed by atoms with E-state index in [0.717, 1.165) is 16.7 Å².